The van der Waals surface area contributed by atoms with Gasteiger partial charge >= 0.3 is 5.97 Å². The monoisotopic (exact) mass is 428 g/mol. The van der Waals surface area contributed by atoms with Crippen LogP contribution in [0, 0.1) is 5.82 Å². The van der Waals surface area contributed by atoms with Gasteiger partial charge < -0.3 is 10.1 Å². The number of halogens is 2. The molecule has 0 saturated carbocycles. The number of carbonyl (C=O) groups excluding carboxylic acids is 1. The van der Waals surface area contributed by atoms with Crippen LogP contribution in [0.5, 0.6) is 0 Å². The van der Waals surface area contributed by atoms with Crippen molar-refractivity contribution in [3.63, 3.8) is 0 Å². The zero-order valence-corrected chi connectivity index (χ0v) is 16.9. The molecule has 1 N–H and O–H groups in total. The number of carbonyl (C=O) groups is 1. The molecule has 2 aromatic rings. The third-order valence-corrected chi connectivity index (χ3v) is 6.28. The van der Waals surface area contributed by atoms with E-state index in [1.54, 1.807) is 19.1 Å². The first kappa shape index (κ1) is 22.3. The number of hydrogen-bond acceptors (Lipinski definition) is 5. The number of rotatable bonds is 5. The van der Waals surface area contributed by atoms with E-state index >= 15 is 0 Å². The van der Waals surface area contributed by atoms with E-state index in [9.17, 15) is 17.6 Å². The van der Waals surface area contributed by atoms with Gasteiger partial charge in [0.05, 0.1) is 23.1 Å². The highest BCUT2D eigenvalue weighted by atomic mass is 35.5. The molecule has 0 bridgehead atoms. The highest BCUT2D eigenvalue weighted by Gasteiger charge is 2.34. The lowest BCUT2D eigenvalue weighted by atomic mass is 10.1. The summed E-state index contributed by atoms with van der Waals surface area (Å²) in [5.41, 5.74) is 0.752. The molecule has 152 valence electrons. The summed E-state index contributed by atoms with van der Waals surface area (Å²) in [6.07, 6.45) is 0. The van der Waals surface area contributed by atoms with Gasteiger partial charge in [-0.05, 0) is 42.8 Å². The number of hydrogen-bond donors (Lipinski definition) is 1. The van der Waals surface area contributed by atoms with Gasteiger partial charge in [0.25, 0.3) is 0 Å². The largest absolute Gasteiger partial charge is 0.462 e. The molecule has 1 fully saturated rings. The summed E-state index contributed by atoms with van der Waals surface area (Å²) < 4.78 is 46.4. The molecule has 1 aliphatic heterocycles. The topological polar surface area (TPSA) is 75.7 Å². The van der Waals surface area contributed by atoms with Crippen molar-refractivity contribution < 1.29 is 22.3 Å². The molecule has 9 heteroatoms. The van der Waals surface area contributed by atoms with Crippen LogP contribution in [0.2, 0.25) is 0 Å². The third-order valence-electron chi connectivity index (χ3n) is 4.38. The Balaban J connectivity index is 0.00000280. The lowest BCUT2D eigenvalue weighted by Crippen LogP contribution is -2.48. The molecule has 1 aliphatic rings. The minimum atomic E-state index is -3.88. The average Bonchev–Trinajstić information content (AvgIpc) is 2.68. The van der Waals surface area contributed by atoms with Gasteiger partial charge in [0.2, 0.25) is 10.0 Å². The zero-order chi connectivity index (χ0) is 19.4. The molecule has 1 heterocycles. The summed E-state index contributed by atoms with van der Waals surface area (Å²) in [4.78, 5) is 12.0. The predicted molar refractivity (Wildman–Crippen MR) is 106 cm³/mol. The van der Waals surface area contributed by atoms with Crippen molar-refractivity contribution in [2.75, 3.05) is 26.2 Å². The van der Waals surface area contributed by atoms with Crippen molar-refractivity contribution in [1.29, 1.82) is 0 Å². The van der Waals surface area contributed by atoms with E-state index in [1.165, 1.54) is 40.7 Å². The first-order valence-electron chi connectivity index (χ1n) is 8.68. The summed E-state index contributed by atoms with van der Waals surface area (Å²) in [5.74, 6) is -0.990. The van der Waals surface area contributed by atoms with Crippen LogP contribution in [0.1, 0.15) is 28.9 Å². The maximum atomic E-state index is 13.6. The number of esters is 1. The Kier molecular flexibility index (Phi) is 7.54. The Hall–Kier alpha value is -2.00. The smallest absolute Gasteiger partial charge is 0.338 e. The molecule has 0 amide bonds. The Bertz CT molecular complexity index is 939. The van der Waals surface area contributed by atoms with E-state index in [0.29, 0.717) is 18.7 Å². The molecule has 0 aromatic heterocycles. The molecule has 6 nitrogen and oxygen atoms in total. The SMILES string of the molecule is CCOC(=O)c1cccc(S(=O)(=O)N2CCNCC2c2cccc(F)c2)c1.Cl. The minimum Gasteiger partial charge on any atom is -0.462 e. The predicted octanol–water partition coefficient (Wildman–Crippen LogP) is 2.76. The third kappa shape index (κ3) is 4.70. The Morgan fingerprint density at radius 2 is 2.00 bits per heavy atom. The van der Waals surface area contributed by atoms with Gasteiger partial charge in [-0.25, -0.2) is 17.6 Å². The first-order valence-corrected chi connectivity index (χ1v) is 10.1. The molecule has 0 aliphatic carbocycles. The minimum absolute atomic E-state index is 0. The highest BCUT2D eigenvalue weighted by Crippen LogP contribution is 2.29. The summed E-state index contributed by atoms with van der Waals surface area (Å²) in [6, 6.07) is 11.2. The van der Waals surface area contributed by atoms with E-state index in [4.69, 9.17) is 4.74 Å². The summed E-state index contributed by atoms with van der Waals surface area (Å²) in [6.45, 7) is 2.99. The van der Waals surface area contributed by atoms with Crippen LogP contribution in [0.4, 0.5) is 4.39 Å². The second-order valence-electron chi connectivity index (χ2n) is 6.14. The van der Waals surface area contributed by atoms with Gasteiger partial charge in [0, 0.05) is 19.6 Å². The molecule has 1 saturated heterocycles. The van der Waals surface area contributed by atoms with Crippen molar-refractivity contribution in [1.82, 2.24) is 9.62 Å². The molecule has 1 atom stereocenters. The molecule has 3 rings (SSSR count). The quantitative estimate of drug-likeness (QED) is 0.741. The fraction of sp³-hybridized carbons (Fsp3) is 0.316. The van der Waals surface area contributed by atoms with E-state index in [-0.39, 0.29) is 36.0 Å². The van der Waals surface area contributed by atoms with Crippen LogP contribution in [0.25, 0.3) is 0 Å². The van der Waals surface area contributed by atoms with Crippen molar-refractivity contribution in [2.45, 2.75) is 17.9 Å². The standard InChI is InChI=1S/C19H21FN2O4S.ClH/c1-2-26-19(23)15-6-4-8-17(12-15)27(24,25)22-10-9-21-13-18(22)14-5-3-7-16(20)11-14;/h3-8,11-12,18,21H,2,9-10,13H2,1H3;1H. The summed E-state index contributed by atoms with van der Waals surface area (Å²) >= 11 is 0. The maximum Gasteiger partial charge on any atom is 0.338 e. The number of nitrogens with zero attached hydrogens (tertiary/aromatic N) is 1. The molecule has 28 heavy (non-hydrogen) atoms. The van der Waals surface area contributed by atoms with E-state index in [1.807, 2.05) is 0 Å². The van der Waals surface area contributed by atoms with Crippen LogP contribution in [0.3, 0.4) is 0 Å². The molecular weight excluding hydrogens is 407 g/mol. The maximum absolute atomic E-state index is 13.6. The first-order chi connectivity index (χ1) is 12.9. The number of nitrogens with one attached hydrogen (secondary N) is 1. The number of sulfonamides is 1. The van der Waals surface area contributed by atoms with Gasteiger partial charge in [-0.15, -0.1) is 12.4 Å². The second-order valence-corrected chi connectivity index (χ2v) is 8.03. The number of piperazine rings is 1. The van der Waals surface area contributed by atoms with Crippen LogP contribution < -0.4 is 5.32 Å². The second kappa shape index (κ2) is 9.47. The molecule has 0 radical (unpaired) electrons. The van der Waals surface area contributed by atoms with E-state index < -0.39 is 27.9 Å². The van der Waals surface area contributed by atoms with Gasteiger partial charge in [-0.1, -0.05) is 18.2 Å². The fourth-order valence-electron chi connectivity index (χ4n) is 3.10. The van der Waals surface area contributed by atoms with Crippen molar-refractivity contribution in [3.8, 4) is 0 Å². The fourth-order valence-corrected chi connectivity index (χ4v) is 4.76. The molecule has 1 unspecified atom stereocenters. The molecule has 0 spiro atoms. The number of ether oxygens (including phenoxy) is 1. The van der Waals surface area contributed by atoms with Gasteiger partial charge in [-0.2, -0.15) is 4.31 Å². The Labute approximate surface area is 170 Å². The van der Waals surface area contributed by atoms with E-state index in [2.05, 4.69) is 5.32 Å². The van der Waals surface area contributed by atoms with Crippen LogP contribution in [0.15, 0.2) is 53.4 Å². The average molecular weight is 429 g/mol. The Morgan fingerprint density at radius 1 is 1.25 bits per heavy atom. The van der Waals surface area contributed by atoms with Crippen molar-refractivity contribution >= 4 is 28.4 Å². The lowest BCUT2D eigenvalue weighted by Gasteiger charge is -2.35. The lowest BCUT2D eigenvalue weighted by molar-refractivity contribution is 0.0526. The Morgan fingerprint density at radius 3 is 2.71 bits per heavy atom. The van der Waals surface area contributed by atoms with Gasteiger partial charge in [0.1, 0.15) is 5.82 Å². The number of benzene rings is 2. The summed E-state index contributed by atoms with van der Waals surface area (Å²) in [7, 11) is -3.88. The van der Waals surface area contributed by atoms with Crippen LogP contribution in [-0.4, -0.2) is 44.9 Å². The normalized spacial score (nSPS) is 17.6. The van der Waals surface area contributed by atoms with Crippen molar-refractivity contribution in [3.05, 3.63) is 65.5 Å². The van der Waals surface area contributed by atoms with Crippen LogP contribution in [-0.2, 0) is 14.8 Å². The molecular formula is C19H22ClFN2O4S. The van der Waals surface area contributed by atoms with E-state index in [0.717, 1.165) is 0 Å². The molecule has 2 aromatic carbocycles. The highest BCUT2D eigenvalue weighted by molar-refractivity contribution is 7.89. The zero-order valence-electron chi connectivity index (χ0n) is 15.3. The van der Waals surface area contributed by atoms with Crippen LogP contribution >= 0.6 is 12.4 Å². The summed E-state index contributed by atoms with van der Waals surface area (Å²) in [5, 5.41) is 3.15. The van der Waals surface area contributed by atoms with Crippen molar-refractivity contribution in [2.24, 2.45) is 0 Å². The van der Waals surface area contributed by atoms with Gasteiger partial charge in [-0.3, -0.25) is 0 Å². The van der Waals surface area contributed by atoms with Gasteiger partial charge in [0.15, 0.2) is 0 Å².